The number of sulfonamides is 1. The van der Waals surface area contributed by atoms with E-state index in [9.17, 15) is 13.2 Å². The SMILES string of the molecule is COc1ccc(OC)c(N(CC(=O)N/N=C/c2cc(C)n(-c3ccc(C)cc3)c2C)S(=O)(=O)c2ccc(C)cc2)c1. The normalized spacial score (nSPS) is 11.5. The molecule has 3 aromatic carbocycles. The number of nitrogens with one attached hydrogen (secondary N) is 1. The number of ether oxygens (including phenoxy) is 2. The molecule has 0 aliphatic heterocycles. The highest BCUT2D eigenvalue weighted by Crippen LogP contribution is 2.35. The third-order valence-electron chi connectivity index (χ3n) is 6.71. The number of amides is 1. The van der Waals surface area contributed by atoms with Crippen LogP contribution in [0.1, 0.15) is 28.1 Å². The summed E-state index contributed by atoms with van der Waals surface area (Å²) in [6.45, 7) is 7.33. The largest absolute Gasteiger partial charge is 0.497 e. The fourth-order valence-electron chi connectivity index (χ4n) is 4.48. The van der Waals surface area contributed by atoms with Gasteiger partial charge in [-0.1, -0.05) is 35.4 Å². The van der Waals surface area contributed by atoms with Crippen molar-refractivity contribution in [2.75, 3.05) is 25.1 Å². The van der Waals surface area contributed by atoms with E-state index < -0.39 is 22.5 Å². The van der Waals surface area contributed by atoms with Gasteiger partial charge in [-0.2, -0.15) is 5.10 Å². The highest BCUT2D eigenvalue weighted by Gasteiger charge is 2.30. The quantitative estimate of drug-likeness (QED) is 0.210. The summed E-state index contributed by atoms with van der Waals surface area (Å²) in [6.07, 6.45) is 1.55. The van der Waals surface area contributed by atoms with Gasteiger partial charge < -0.3 is 14.0 Å². The van der Waals surface area contributed by atoms with Crippen LogP contribution in [0.3, 0.4) is 0 Å². The van der Waals surface area contributed by atoms with Gasteiger partial charge in [0.05, 0.1) is 31.0 Å². The van der Waals surface area contributed by atoms with Gasteiger partial charge in [-0.3, -0.25) is 9.10 Å². The third kappa shape index (κ3) is 6.44. The van der Waals surface area contributed by atoms with Crippen molar-refractivity contribution in [2.45, 2.75) is 32.6 Å². The first-order valence-corrected chi connectivity index (χ1v) is 14.4. The maximum absolute atomic E-state index is 13.8. The lowest BCUT2D eigenvalue weighted by Gasteiger charge is -2.25. The first-order chi connectivity index (χ1) is 19.5. The Bertz CT molecular complexity index is 1670. The molecule has 4 rings (SSSR count). The van der Waals surface area contributed by atoms with Crippen molar-refractivity contribution in [2.24, 2.45) is 5.10 Å². The predicted molar refractivity (Wildman–Crippen MR) is 161 cm³/mol. The summed E-state index contributed by atoms with van der Waals surface area (Å²) in [6, 6.07) is 21.3. The Labute approximate surface area is 241 Å². The van der Waals surface area contributed by atoms with Crippen LogP contribution in [0.25, 0.3) is 5.69 Å². The van der Waals surface area contributed by atoms with Gasteiger partial charge in [-0.15, -0.1) is 0 Å². The summed E-state index contributed by atoms with van der Waals surface area (Å²) in [5, 5.41) is 4.14. The number of carbonyl (C=O) groups excluding carboxylic acids is 1. The maximum atomic E-state index is 13.8. The lowest BCUT2D eigenvalue weighted by Crippen LogP contribution is -2.39. The molecule has 0 fully saturated rings. The molecule has 1 heterocycles. The Morgan fingerprint density at radius 2 is 1.54 bits per heavy atom. The Morgan fingerprint density at radius 3 is 2.15 bits per heavy atom. The third-order valence-corrected chi connectivity index (χ3v) is 8.48. The van der Waals surface area contributed by atoms with Crippen LogP contribution in [-0.4, -0.2) is 45.9 Å². The summed E-state index contributed by atoms with van der Waals surface area (Å²) < 4.78 is 41.4. The number of aromatic nitrogens is 1. The van der Waals surface area contributed by atoms with Crippen molar-refractivity contribution in [1.82, 2.24) is 9.99 Å². The second-order valence-electron chi connectivity index (χ2n) is 9.65. The van der Waals surface area contributed by atoms with E-state index in [1.807, 2.05) is 45.9 Å². The molecule has 0 saturated carbocycles. The van der Waals surface area contributed by atoms with E-state index in [0.29, 0.717) is 5.75 Å². The van der Waals surface area contributed by atoms with Gasteiger partial charge in [-0.25, -0.2) is 13.8 Å². The van der Waals surface area contributed by atoms with E-state index in [2.05, 4.69) is 27.2 Å². The van der Waals surface area contributed by atoms with Crippen LogP contribution in [0.2, 0.25) is 0 Å². The smallest absolute Gasteiger partial charge is 0.264 e. The molecule has 0 aliphatic carbocycles. The van der Waals surface area contributed by atoms with Crippen molar-refractivity contribution in [3.05, 3.63) is 101 Å². The van der Waals surface area contributed by atoms with Crippen LogP contribution in [0.5, 0.6) is 11.5 Å². The average molecular weight is 575 g/mol. The van der Waals surface area contributed by atoms with Crippen LogP contribution in [0.4, 0.5) is 5.69 Å². The molecule has 9 nitrogen and oxygen atoms in total. The number of hydrogen-bond donors (Lipinski definition) is 1. The monoisotopic (exact) mass is 574 g/mol. The van der Waals surface area contributed by atoms with Gasteiger partial charge >= 0.3 is 0 Å². The minimum absolute atomic E-state index is 0.0350. The van der Waals surface area contributed by atoms with Crippen LogP contribution in [0.15, 0.2) is 82.8 Å². The number of anilines is 1. The Kier molecular flexibility index (Phi) is 8.83. The standard InChI is InChI=1S/C31H34N4O5S/c1-21-7-11-26(12-8-21)35-23(3)17-25(24(35)4)19-32-33-31(36)20-34(29-18-27(39-5)13-16-30(29)40-6)41(37,38)28-14-9-22(2)10-15-28/h7-19H,20H2,1-6H3,(H,33,36)/b32-19+. The van der Waals surface area contributed by atoms with E-state index in [4.69, 9.17) is 9.47 Å². The maximum Gasteiger partial charge on any atom is 0.264 e. The Balaban J connectivity index is 1.61. The summed E-state index contributed by atoms with van der Waals surface area (Å²) in [5.74, 6) is 0.0442. The number of methoxy groups -OCH3 is 2. The second-order valence-corrected chi connectivity index (χ2v) is 11.5. The van der Waals surface area contributed by atoms with Gasteiger partial charge in [-0.05, 0) is 70.2 Å². The minimum Gasteiger partial charge on any atom is -0.497 e. The van der Waals surface area contributed by atoms with Crippen molar-refractivity contribution < 1.29 is 22.7 Å². The molecule has 4 aromatic rings. The first-order valence-electron chi connectivity index (χ1n) is 12.9. The molecule has 0 aliphatic rings. The molecule has 0 unspecified atom stereocenters. The molecule has 1 N–H and O–H groups in total. The predicted octanol–water partition coefficient (Wildman–Crippen LogP) is 5.07. The number of nitrogens with zero attached hydrogens (tertiary/aromatic N) is 3. The number of hydrazone groups is 1. The van der Waals surface area contributed by atoms with Gasteiger partial charge in [0.15, 0.2) is 0 Å². The van der Waals surface area contributed by atoms with Crippen LogP contribution < -0.4 is 19.2 Å². The molecule has 1 aromatic heterocycles. The van der Waals surface area contributed by atoms with Gasteiger partial charge in [0.2, 0.25) is 0 Å². The van der Waals surface area contributed by atoms with Crippen molar-refractivity contribution >= 4 is 27.8 Å². The zero-order valence-electron chi connectivity index (χ0n) is 24.0. The second kappa shape index (κ2) is 12.3. The highest BCUT2D eigenvalue weighted by molar-refractivity contribution is 7.92. The molecule has 0 radical (unpaired) electrons. The fourth-order valence-corrected chi connectivity index (χ4v) is 5.90. The molecule has 0 spiro atoms. The molecule has 0 bridgehead atoms. The van der Waals surface area contributed by atoms with E-state index in [0.717, 1.165) is 32.5 Å². The zero-order valence-corrected chi connectivity index (χ0v) is 24.8. The lowest BCUT2D eigenvalue weighted by molar-refractivity contribution is -0.119. The van der Waals surface area contributed by atoms with E-state index in [1.54, 1.807) is 30.5 Å². The van der Waals surface area contributed by atoms with Crippen molar-refractivity contribution in [3.63, 3.8) is 0 Å². The van der Waals surface area contributed by atoms with Crippen molar-refractivity contribution in [1.29, 1.82) is 0 Å². The van der Waals surface area contributed by atoms with E-state index >= 15 is 0 Å². The van der Waals surface area contributed by atoms with Crippen molar-refractivity contribution in [3.8, 4) is 17.2 Å². The Hall–Kier alpha value is -4.57. The van der Waals surface area contributed by atoms with Crippen LogP contribution >= 0.6 is 0 Å². The van der Waals surface area contributed by atoms with Crippen LogP contribution in [-0.2, 0) is 14.8 Å². The molecule has 214 valence electrons. The topological polar surface area (TPSA) is 102 Å². The first kappa shape index (κ1) is 29.4. The molecule has 41 heavy (non-hydrogen) atoms. The highest BCUT2D eigenvalue weighted by atomic mass is 32.2. The molecular formula is C31H34N4O5S. The zero-order chi connectivity index (χ0) is 29.7. The number of benzene rings is 3. The molecular weight excluding hydrogens is 540 g/mol. The molecule has 1 amide bonds. The Morgan fingerprint density at radius 1 is 0.902 bits per heavy atom. The number of carbonyl (C=O) groups is 1. The van der Waals surface area contributed by atoms with E-state index in [-0.39, 0.29) is 16.3 Å². The molecule has 0 saturated heterocycles. The number of hydrogen-bond acceptors (Lipinski definition) is 6. The number of aryl methyl sites for hydroxylation is 3. The van der Waals surface area contributed by atoms with E-state index in [1.165, 1.54) is 38.0 Å². The fraction of sp³-hybridized carbons (Fsp3) is 0.226. The lowest BCUT2D eigenvalue weighted by atomic mass is 10.2. The molecule has 0 atom stereocenters. The van der Waals surface area contributed by atoms with Gasteiger partial charge in [0, 0.05) is 28.7 Å². The average Bonchev–Trinajstić information content (AvgIpc) is 3.24. The summed E-state index contributed by atoms with van der Waals surface area (Å²) in [5.41, 5.74) is 8.53. The molecule has 10 heteroatoms. The summed E-state index contributed by atoms with van der Waals surface area (Å²) in [4.78, 5) is 13.1. The van der Waals surface area contributed by atoms with Gasteiger partial charge in [0.25, 0.3) is 15.9 Å². The minimum atomic E-state index is -4.16. The summed E-state index contributed by atoms with van der Waals surface area (Å²) >= 11 is 0. The summed E-state index contributed by atoms with van der Waals surface area (Å²) in [7, 11) is -1.26. The van der Waals surface area contributed by atoms with Crippen LogP contribution in [0, 0.1) is 27.7 Å². The van der Waals surface area contributed by atoms with Gasteiger partial charge in [0.1, 0.15) is 18.0 Å². The number of rotatable bonds is 10.